The third-order valence-electron chi connectivity index (χ3n) is 3.67. The van der Waals surface area contributed by atoms with Crippen LogP contribution in [0.1, 0.15) is 34.6 Å². The van der Waals surface area contributed by atoms with E-state index < -0.39 is 15.9 Å². The minimum atomic E-state index is -3.77. The average molecular weight is 370 g/mol. The maximum atomic E-state index is 12.3. The largest absolute Gasteiger partial charge is 0.462 e. The van der Waals surface area contributed by atoms with Crippen LogP contribution in [0.2, 0.25) is 0 Å². The molecule has 1 fully saturated rings. The Morgan fingerprint density at radius 3 is 2.96 bits per heavy atom. The predicted octanol–water partition coefficient (Wildman–Crippen LogP) is 2.34. The van der Waals surface area contributed by atoms with E-state index >= 15 is 0 Å². The SMILES string of the molecule is Cc1sc(-c2ccco2)nc1C(=O)NS(=O)(=O)C[C@@H]1CCCCO1. The lowest BCUT2D eigenvalue weighted by Crippen LogP contribution is -2.38. The van der Waals surface area contributed by atoms with Crippen molar-refractivity contribution in [2.24, 2.45) is 0 Å². The molecular formula is C15H18N2O5S2. The predicted molar refractivity (Wildman–Crippen MR) is 89.4 cm³/mol. The van der Waals surface area contributed by atoms with Gasteiger partial charge in [-0.25, -0.2) is 18.1 Å². The molecule has 1 N–H and O–H groups in total. The summed E-state index contributed by atoms with van der Waals surface area (Å²) < 4.78 is 37.1. The summed E-state index contributed by atoms with van der Waals surface area (Å²) in [5, 5.41) is 0.538. The third kappa shape index (κ3) is 4.03. The van der Waals surface area contributed by atoms with Crippen molar-refractivity contribution in [3.8, 4) is 10.8 Å². The Labute approximate surface area is 144 Å². The number of amides is 1. The van der Waals surface area contributed by atoms with Crippen LogP contribution >= 0.6 is 11.3 Å². The summed E-state index contributed by atoms with van der Waals surface area (Å²) in [5.74, 6) is -0.398. The summed E-state index contributed by atoms with van der Waals surface area (Å²) in [6.07, 6.45) is 3.72. The van der Waals surface area contributed by atoms with E-state index in [0.717, 1.165) is 12.8 Å². The van der Waals surface area contributed by atoms with Crippen LogP contribution in [0.3, 0.4) is 0 Å². The molecular weight excluding hydrogens is 352 g/mol. The molecule has 0 unspecified atom stereocenters. The Morgan fingerprint density at radius 1 is 1.46 bits per heavy atom. The first-order valence-electron chi connectivity index (χ1n) is 7.62. The number of ether oxygens (including phenoxy) is 1. The fraction of sp³-hybridized carbons (Fsp3) is 0.467. The topological polar surface area (TPSA) is 98.5 Å². The zero-order valence-electron chi connectivity index (χ0n) is 13.1. The molecule has 1 amide bonds. The summed E-state index contributed by atoms with van der Waals surface area (Å²) in [5.41, 5.74) is 0.0968. The molecule has 9 heteroatoms. The number of thiazole rings is 1. The number of rotatable bonds is 5. The molecule has 130 valence electrons. The summed E-state index contributed by atoms with van der Waals surface area (Å²) in [6.45, 7) is 2.28. The van der Waals surface area contributed by atoms with Crippen molar-refractivity contribution in [2.75, 3.05) is 12.4 Å². The summed E-state index contributed by atoms with van der Waals surface area (Å²) in [7, 11) is -3.77. The van der Waals surface area contributed by atoms with Gasteiger partial charge in [-0.2, -0.15) is 0 Å². The van der Waals surface area contributed by atoms with Crippen molar-refractivity contribution in [1.29, 1.82) is 0 Å². The van der Waals surface area contributed by atoms with Gasteiger partial charge in [-0.1, -0.05) is 0 Å². The Balaban J connectivity index is 1.70. The fourth-order valence-electron chi connectivity index (χ4n) is 2.53. The Morgan fingerprint density at radius 2 is 2.29 bits per heavy atom. The minimum Gasteiger partial charge on any atom is -0.462 e. The third-order valence-corrected chi connectivity index (χ3v) is 5.96. The number of carbonyl (C=O) groups excluding carboxylic acids is 1. The molecule has 0 bridgehead atoms. The Kier molecular flexibility index (Phi) is 5.02. The molecule has 0 saturated carbocycles. The Bertz CT molecular complexity index is 805. The second-order valence-electron chi connectivity index (χ2n) is 5.60. The van der Waals surface area contributed by atoms with Gasteiger partial charge in [-0.15, -0.1) is 11.3 Å². The van der Waals surface area contributed by atoms with Gasteiger partial charge in [-0.05, 0) is 38.3 Å². The first kappa shape index (κ1) is 17.1. The van der Waals surface area contributed by atoms with Crippen molar-refractivity contribution in [2.45, 2.75) is 32.3 Å². The highest BCUT2D eigenvalue weighted by atomic mass is 32.2. The molecule has 3 heterocycles. The van der Waals surface area contributed by atoms with Crippen LogP contribution in [0.15, 0.2) is 22.8 Å². The number of aryl methyl sites for hydroxylation is 1. The van der Waals surface area contributed by atoms with Crippen molar-refractivity contribution in [3.63, 3.8) is 0 Å². The molecule has 3 rings (SSSR count). The number of hydrogen-bond acceptors (Lipinski definition) is 7. The second kappa shape index (κ2) is 7.04. The lowest BCUT2D eigenvalue weighted by atomic mass is 10.1. The van der Waals surface area contributed by atoms with Crippen molar-refractivity contribution in [3.05, 3.63) is 29.0 Å². The summed E-state index contributed by atoms with van der Waals surface area (Å²) >= 11 is 1.28. The van der Waals surface area contributed by atoms with E-state index in [-0.39, 0.29) is 17.6 Å². The van der Waals surface area contributed by atoms with Gasteiger partial charge < -0.3 is 9.15 Å². The number of furan rings is 1. The monoisotopic (exact) mass is 370 g/mol. The van der Waals surface area contributed by atoms with Gasteiger partial charge in [0.25, 0.3) is 5.91 Å². The highest BCUT2D eigenvalue weighted by Gasteiger charge is 2.26. The van der Waals surface area contributed by atoms with E-state index in [1.165, 1.54) is 17.6 Å². The quantitative estimate of drug-likeness (QED) is 0.867. The molecule has 1 saturated heterocycles. The maximum absolute atomic E-state index is 12.3. The number of aromatic nitrogens is 1. The molecule has 1 aliphatic heterocycles. The maximum Gasteiger partial charge on any atom is 0.284 e. The van der Waals surface area contributed by atoms with Crippen LogP contribution in [0.4, 0.5) is 0 Å². The van der Waals surface area contributed by atoms with E-state index in [2.05, 4.69) is 9.71 Å². The minimum absolute atomic E-state index is 0.0968. The van der Waals surface area contributed by atoms with Crippen molar-refractivity contribution in [1.82, 2.24) is 9.71 Å². The Hall–Kier alpha value is -1.71. The van der Waals surface area contributed by atoms with Gasteiger partial charge in [0.2, 0.25) is 10.0 Å². The molecule has 0 aliphatic carbocycles. The average Bonchev–Trinajstić information content (AvgIpc) is 3.16. The first-order valence-corrected chi connectivity index (χ1v) is 10.1. The van der Waals surface area contributed by atoms with Crippen LogP contribution in [-0.2, 0) is 14.8 Å². The normalized spacial score (nSPS) is 18.5. The molecule has 1 atom stereocenters. The molecule has 0 aromatic carbocycles. The lowest BCUT2D eigenvalue weighted by molar-refractivity contribution is 0.0304. The van der Waals surface area contributed by atoms with Crippen molar-refractivity contribution >= 4 is 27.3 Å². The zero-order valence-corrected chi connectivity index (χ0v) is 14.8. The standard InChI is InChI=1S/C15H18N2O5S2/c1-10-13(16-15(23-10)12-6-4-8-22-12)14(18)17-24(19,20)9-11-5-2-3-7-21-11/h4,6,8,11H,2-3,5,7,9H2,1H3,(H,17,18)/t11-/m0/s1. The van der Waals surface area contributed by atoms with E-state index in [0.29, 0.717) is 28.7 Å². The molecule has 1 aliphatic rings. The van der Waals surface area contributed by atoms with Gasteiger partial charge in [0, 0.05) is 11.5 Å². The molecule has 2 aromatic heterocycles. The van der Waals surface area contributed by atoms with Crippen LogP contribution in [-0.4, -0.2) is 37.8 Å². The zero-order chi connectivity index (χ0) is 17.2. The van der Waals surface area contributed by atoms with Gasteiger partial charge in [-0.3, -0.25) is 4.79 Å². The van der Waals surface area contributed by atoms with Crippen molar-refractivity contribution < 1.29 is 22.4 Å². The molecule has 24 heavy (non-hydrogen) atoms. The molecule has 7 nitrogen and oxygen atoms in total. The van der Waals surface area contributed by atoms with Crippen LogP contribution < -0.4 is 4.72 Å². The van der Waals surface area contributed by atoms with Crippen LogP contribution in [0, 0.1) is 6.92 Å². The van der Waals surface area contributed by atoms with E-state index in [9.17, 15) is 13.2 Å². The number of nitrogens with one attached hydrogen (secondary N) is 1. The highest BCUT2D eigenvalue weighted by molar-refractivity contribution is 7.90. The van der Waals surface area contributed by atoms with E-state index in [4.69, 9.17) is 9.15 Å². The van der Waals surface area contributed by atoms with Gasteiger partial charge in [0.1, 0.15) is 5.69 Å². The number of nitrogens with zero attached hydrogens (tertiary/aromatic N) is 1. The molecule has 0 radical (unpaired) electrons. The van der Waals surface area contributed by atoms with E-state index in [1.54, 1.807) is 19.1 Å². The van der Waals surface area contributed by atoms with Gasteiger partial charge in [0.15, 0.2) is 10.8 Å². The van der Waals surface area contributed by atoms with Gasteiger partial charge >= 0.3 is 0 Å². The fourth-order valence-corrected chi connectivity index (χ4v) is 4.62. The van der Waals surface area contributed by atoms with E-state index in [1.807, 2.05) is 0 Å². The first-order chi connectivity index (χ1) is 11.4. The van der Waals surface area contributed by atoms with Gasteiger partial charge in [0.05, 0.1) is 18.1 Å². The summed E-state index contributed by atoms with van der Waals surface area (Å²) in [4.78, 5) is 17.1. The molecule has 0 spiro atoms. The highest BCUT2D eigenvalue weighted by Crippen LogP contribution is 2.28. The van der Waals surface area contributed by atoms with Crippen LogP contribution in [0.25, 0.3) is 10.8 Å². The van der Waals surface area contributed by atoms with Crippen LogP contribution in [0.5, 0.6) is 0 Å². The number of sulfonamides is 1. The number of hydrogen-bond donors (Lipinski definition) is 1. The summed E-state index contributed by atoms with van der Waals surface area (Å²) in [6, 6.07) is 3.46. The smallest absolute Gasteiger partial charge is 0.284 e. The lowest BCUT2D eigenvalue weighted by Gasteiger charge is -2.22. The second-order valence-corrected chi connectivity index (χ2v) is 8.57. The molecule has 2 aromatic rings. The number of carbonyl (C=O) groups is 1.